The maximum absolute atomic E-state index is 12.3. The molecule has 0 bridgehead atoms. The largest absolute Gasteiger partial charge is 0.500 e. The lowest BCUT2D eigenvalue weighted by Crippen LogP contribution is -2.46. The van der Waals surface area contributed by atoms with Crippen molar-refractivity contribution in [3.8, 4) is 0 Å². The van der Waals surface area contributed by atoms with Crippen LogP contribution in [-0.2, 0) is 42.5 Å². The number of amides is 1. The Bertz CT molecular complexity index is 1230. The van der Waals surface area contributed by atoms with E-state index >= 15 is 0 Å². The molecule has 3 rings (SSSR count). The minimum Gasteiger partial charge on any atom is -0.445 e. The summed E-state index contributed by atoms with van der Waals surface area (Å²) in [6, 6.07) is 11.4. The summed E-state index contributed by atoms with van der Waals surface area (Å²) in [5.41, 5.74) is 2.35. The van der Waals surface area contributed by atoms with Gasteiger partial charge in [0, 0.05) is 65.4 Å². The molecule has 1 aromatic heterocycles. The summed E-state index contributed by atoms with van der Waals surface area (Å²) >= 11 is 19.1. The lowest BCUT2D eigenvalue weighted by Gasteiger charge is -2.28. The van der Waals surface area contributed by atoms with Crippen LogP contribution >= 0.6 is 34.8 Å². The number of benzene rings is 2. The number of rotatable bonds is 18. The van der Waals surface area contributed by atoms with Gasteiger partial charge in [-0.3, -0.25) is 0 Å². The normalized spacial score (nSPS) is 12.3. The molecule has 0 saturated heterocycles. The van der Waals surface area contributed by atoms with E-state index in [1.807, 2.05) is 49.7 Å². The third kappa shape index (κ3) is 10.8. The molecule has 230 valence electrons. The SMILES string of the molecule is CCO[Si](CCCNC(=O)OCc1ccc(COC(Cn2ccnc2)c2ccc(Cl)cc2Cl)c(Cl)c1)(OCC)OCC. The number of carbonyl (C=O) groups is 1. The van der Waals surface area contributed by atoms with E-state index in [9.17, 15) is 4.79 Å². The summed E-state index contributed by atoms with van der Waals surface area (Å²) < 4.78 is 31.1. The number of imidazole rings is 1. The molecule has 1 N–H and O–H groups in total. The molecule has 1 amide bonds. The molecule has 0 saturated carbocycles. The van der Waals surface area contributed by atoms with Crippen molar-refractivity contribution in [1.82, 2.24) is 14.9 Å². The lowest BCUT2D eigenvalue weighted by atomic mass is 10.1. The standard InChI is InChI=1S/C29H38Cl3N3O6Si/c1-4-39-42(40-5-2,41-6-3)15-7-12-34-29(36)38-19-22-8-9-23(26(31)16-22)20-37-28(18-35-14-13-33-21-35)25-11-10-24(30)17-27(25)32/h8-11,13-14,16-17,21,28H,4-7,12,15,18-20H2,1-3H3,(H,34,36). The van der Waals surface area contributed by atoms with Gasteiger partial charge in [-0.15, -0.1) is 0 Å². The second kappa shape index (κ2) is 17.8. The van der Waals surface area contributed by atoms with Gasteiger partial charge in [-0.2, -0.15) is 0 Å². The van der Waals surface area contributed by atoms with Gasteiger partial charge >= 0.3 is 14.9 Å². The van der Waals surface area contributed by atoms with Gasteiger partial charge in [-0.25, -0.2) is 9.78 Å². The van der Waals surface area contributed by atoms with E-state index in [-0.39, 0.29) is 19.3 Å². The highest BCUT2D eigenvalue weighted by atomic mass is 35.5. The Morgan fingerprint density at radius 1 is 0.976 bits per heavy atom. The summed E-state index contributed by atoms with van der Waals surface area (Å²) in [4.78, 5) is 16.4. The molecule has 0 aliphatic carbocycles. The second-order valence-electron chi connectivity index (χ2n) is 9.24. The van der Waals surface area contributed by atoms with Crippen molar-refractivity contribution in [1.29, 1.82) is 0 Å². The van der Waals surface area contributed by atoms with Crippen molar-refractivity contribution in [2.75, 3.05) is 26.4 Å². The number of ether oxygens (including phenoxy) is 2. The molecule has 42 heavy (non-hydrogen) atoms. The van der Waals surface area contributed by atoms with E-state index in [0.717, 1.165) is 16.7 Å². The first kappa shape index (κ1) is 34.3. The zero-order valence-corrected chi connectivity index (χ0v) is 27.4. The third-order valence-corrected chi connectivity index (χ3v) is 10.3. The Labute approximate surface area is 263 Å². The molecule has 1 atom stereocenters. The predicted molar refractivity (Wildman–Crippen MR) is 166 cm³/mol. The zero-order valence-electron chi connectivity index (χ0n) is 24.1. The monoisotopic (exact) mass is 657 g/mol. The highest BCUT2D eigenvalue weighted by Crippen LogP contribution is 2.31. The van der Waals surface area contributed by atoms with Gasteiger partial charge in [0.25, 0.3) is 0 Å². The summed E-state index contributed by atoms with van der Waals surface area (Å²) in [6.45, 7) is 8.52. The van der Waals surface area contributed by atoms with Crippen molar-refractivity contribution in [3.05, 3.63) is 86.9 Å². The van der Waals surface area contributed by atoms with Crippen LogP contribution in [0.25, 0.3) is 0 Å². The Kier molecular flexibility index (Phi) is 14.6. The number of nitrogens with one attached hydrogen (secondary N) is 1. The van der Waals surface area contributed by atoms with E-state index in [0.29, 0.717) is 60.4 Å². The van der Waals surface area contributed by atoms with Crippen LogP contribution in [-0.4, -0.2) is 50.8 Å². The van der Waals surface area contributed by atoms with Crippen molar-refractivity contribution in [3.63, 3.8) is 0 Å². The summed E-state index contributed by atoms with van der Waals surface area (Å²) in [5, 5.41) is 4.34. The maximum Gasteiger partial charge on any atom is 0.500 e. The Morgan fingerprint density at radius 3 is 2.33 bits per heavy atom. The topological polar surface area (TPSA) is 93.1 Å². The molecule has 3 aromatic rings. The molecule has 1 heterocycles. The van der Waals surface area contributed by atoms with Gasteiger partial charge in [0.05, 0.1) is 19.5 Å². The first-order chi connectivity index (χ1) is 20.3. The number of alkyl carbamates (subject to hydrolysis) is 1. The average Bonchev–Trinajstić information content (AvgIpc) is 3.47. The summed E-state index contributed by atoms with van der Waals surface area (Å²) in [5.74, 6) is 0. The van der Waals surface area contributed by atoms with E-state index in [1.165, 1.54) is 0 Å². The Balaban J connectivity index is 1.50. The molecule has 2 aromatic carbocycles. The molecule has 1 unspecified atom stereocenters. The van der Waals surface area contributed by atoms with E-state index in [4.69, 9.17) is 57.6 Å². The van der Waals surface area contributed by atoms with Crippen molar-refractivity contribution >= 4 is 49.7 Å². The number of carbonyl (C=O) groups excluding carboxylic acids is 1. The van der Waals surface area contributed by atoms with Gasteiger partial charge in [0.1, 0.15) is 12.7 Å². The molecular formula is C29H38Cl3N3O6Si. The minimum absolute atomic E-state index is 0.0753. The third-order valence-electron chi connectivity index (χ3n) is 6.19. The number of halogens is 3. The van der Waals surface area contributed by atoms with Crippen molar-refractivity contribution < 1.29 is 27.5 Å². The van der Waals surface area contributed by atoms with Crippen LogP contribution in [0.2, 0.25) is 21.1 Å². The minimum atomic E-state index is -2.74. The van der Waals surface area contributed by atoms with Crippen LogP contribution in [0.15, 0.2) is 55.1 Å². The molecule has 13 heteroatoms. The van der Waals surface area contributed by atoms with Gasteiger partial charge in [0.2, 0.25) is 0 Å². The summed E-state index contributed by atoms with van der Waals surface area (Å²) in [7, 11) is -2.74. The van der Waals surface area contributed by atoms with Crippen molar-refractivity contribution in [2.45, 2.75) is 59.1 Å². The fourth-order valence-electron chi connectivity index (χ4n) is 4.27. The fraction of sp³-hybridized carbons (Fsp3) is 0.448. The van der Waals surface area contributed by atoms with Crippen molar-refractivity contribution in [2.24, 2.45) is 0 Å². The zero-order chi connectivity index (χ0) is 30.4. The molecule has 9 nitrogen and oxygen atoms in total. The first-order valence-electron chi connectivity index (χ1n) is 13.9. The molecule has 0 aliphatic heterocycles. The second-order valence-corrected chi connectivity index (χ2v) is 13.2. The summed E-state index contributed by atoms with van der Waals surface area (Å²) in [6.07, 6.45) is 5.04. The van der Waals surface area contributed by atoms with E-state index in [1.54, 1.807) is 30.7 Å². The smallest absolute Gasteiger partial charge is 0.445 e. The molecular weight excluding hydrogens is 621 g/mol. The fourth-order valence-corrected chi connectivity index (χ4v) is 7.67. The highest BCUT2D eigenvalue weighted by molar-refractivity contribution is 6.60. The number of nitrogens with zero attached hydrogens (tertiary/aromatic N) is 2. The lowest BCUT2D eigenvalue weighted by molar-refractivity contribution is 0.0280. The van der Waals surface area contributed by atoms with E-state index in [2.05, 4.69) is 10.3 Å². The van der Waals surface area contributed by atoms with Gasteiger partial charge in [0.15, 0.2) is 0 Å². The molecule has 0 fully saturated rings. The Morgan fingerprint density at radius 2 is 1.71 bits per heavy atom. The van der Waals surface area contributed by atoms with Crippen LogP contribution in [0.3, 0.4) is 0 Å². The Hall–Kier alpha value is -2.15. The quantitative estimate of drug-likeness (QED) is 0.112. The molecule has 0 spiro atoms. The van der Waals surface area contributed by atoms with E-state index < -0.39 is 14.9 Å². The number of hydrogen-bond acceptors (Lipinski definition) is 7. The van der Waals surface area contributed by atoms with Gasteiger partial charge < -0.3 is 32.6 Å². The molecule has 0 aliphatic rings. The maximum atomic E-state index is 12.3. The first-order valence-corrected chi connectivity index (χ1v) is 17.0. The number of hydrogen-bond donors (Lipinski definition) is 1. The van der Waals surface area contributed by atoms with Crippen LogP contribution in [0, 0.1) is 0 Å². The average molecular weight is 659 g/mol. The highest BCUT2D eigenvalue weighted by Gasteiger charge is 2.39. The van der Waals surface area contributed by atoms with Crippen LogP contribution in [0.1, 0.15) is 50.0 Å². The van der Waals surface area contributed by atoms with Crippen LogP contribution < -0.4 is 5.32 Å². The predicted octanol–water partition coefficient (Wildman–Crippen LogP) is 7.47. The van der Waals surface area contributed by atoms with Crippen LogP contribution in [0.5, 0.6) is 0 Å². The van der Waals surface area contributed by atoms with Gasteiger partial charge in [-0.1, -0.05) is 53.0 Å². The van der Waals surface area contributed by atoms with Gasteiger partial charge in [-0.05, 0) is 56.5 Å². The number of aromatic nitrogens is 2. The van der Waals surface area contributed by atoms with Crippen LogP contribution in [0.4, 0.5) is 4.79 Å². The molecule has 0 radical (unpaired) electrons.